The number of aromatic carboxylic acids is 1. The molecule has 5 nitrogen and oxygen atoms in total. The van der Waals surface area contributed by atoms with E-state index in [0.29, 0.717) is 17.7 Å². The molecule has 0 atom stereocenters. The molecule has 0 saturated heterocycles. The molecule has 1 aromatic rings. The molecule has 96 valence electrons. The monoisotopic (exact) mass is 267 g/mol. The Bertz CT molecular complexity index is 632. The second kappa shape index (κ2) is 3.78. The van der Waals surface area contributed by atoms with Crippen LogP contribution in [0.5, 0.6) is 0 Å². The van der Waals surface area contributed by atoms with E-state index in [-0.39, 0.29) is 23.0 Å². The minimum atomic E-state index is -3.09. The van der Waals surface area contributed by atoms with Gasteiger partial charge in [-0.15, -0.1) is 0 Å². The maximum Gasteiger partial charge on any atom is 0.337 e. The number of sulfone groups is 1. The molecule has 3 rings (SSSR count). The van der Waals surface area contributed by atoms with Gasteiger partial charge >= 0.3 is 5.97 Å². The van der Waals surface area contributed by atoms with Gasteiger partial charge in [-0.2, -0.15) is 0 Å². The van der Waals surface area contributed by atoms with Crippen molar-refractivity contribution < 1.29 is 18.3 Å². The topological polar surface area (TPSA) is 84.3 Å². The molecular weight excluding hydrogens is 254 g/mol. The summed E-state index contributed by atoms with van der Waals surface area (Å²) in [5.74, 6) is -0.737. The van der Waals surface area contributed by atoms with E-state index < -0.39 is 15.8 Å². The first-order chi connectivity index (χ1) is 8.46. The van der Waals surface area contributed by atoms with Crippen molar-refractivity contribution in [2.24, 2.45) is 0 Å². The lowest BCUT2D eigenvalue weighted by atomic mass is 10.0. The van der Waals surface area contributed by atoms with Crippen molar-refractivity contribution in [1.82, 2.24) is 4.98 Å². The molecule has 1 saturated carbocycles. The molecule has 2 aliphatic rings. The Morgan fingerprint density at radius 2 is 2.11 bits per heavy atom. The summed E-state index contributed by atoms with van der Waals surface area (Å²) in [7, 11) is -3.09. The van der Waals surface area contributed by atoms with Crippen molar-refractivity contribution in [2.45, 2.75) is 30.9 Å². The molecule has 1 aliphatic carbocycles. The first kappa shape index (κ1) is 11.6. The van der Waals surface area contributed by atoms with Gasteiger partial charge in [0.1, 0.15) is 0 Å². The number of rotatable bonds is 2. The van der Waals surface area contributed by atoms with E-state index in [1.807, 2.05) is 0 Å². The Morgan fingerprint density at radius 1 is 1.39 bits per heavy atom. The van der Waals surface area contributed by atoms with E-state index in [1.165, 1.54) is 6.07 Å². The fourth-order valence-corrected chi connectivity index (χ4v) is 3.72. The molecule has 1 aromatic heterocycles. The number of carbonyl (C=O) groups is 1. The van der Waals surface area contributed by atoms with Crippen LogP contribution in [-0.4, -0.2) is 30.2 Å². The van der Waals surface area contributed by atoms with Gasteiger partial charge in [0.25, 0.3) is 0 Å². The minimum absolute atomic E-state index is 0.0828. The fraction of sp³-hybridized carbons (Fsp3) is 0.500. The molecule has 0 aromatic carbocycles. The lowest BCUT2D eigenvalue weighted by molar-refractivity contribution is 0.0695. The maximum absolute atomic E-state index is 11.6. The van der Waals surface area contributed by atoms with Crippen molar-refractivity contribution in [3.05, 3.63) is 28.6 Å². The second-order valence-corrected chi connectivity index (χ2v) is 7.13. The summed E-state index contributed by atoms with van der Waals surface area (Å²) in [6.07, 6.45) is 2.35. The van der Waals surface area contributed by atoms with E-state index in [0.717, 1.165) is 18.5 Å². The Morgan fingerprint density at radius 3 is 2.72 bits per heavy atom. The smallest absolute Gasteiger partial charge is 0.337 e. The molecule has 0 spiro atoms. The van der Waals surface area contributed by atoms with Crippen molar-refractivity contribution in [2.75, 3.05) is 5.75 Å². The molecule has 6 heteroatoms. The third-order valence-corrected chi connectivity index (χ3v) is 5.02. The standard InChI is InChI=1S/C12H13NO4S/c14-12(15)9-5-8-6-18(16,17)4-3-10(8)13-11(9)7-1-2-7/h5,7H,1-4,6H2,(H,14,15). The second-order valence-electron chi connectivity index (χ2n) is 4.95. The lowest BCUT2D eigenvalue weighted by Gasteiger charge is -2.17. The molecule has 18 heavy (non-hydrogen) atoms. The zero-order chi connectivity index (χ0) is 12.9. The first-order valence-electron chi connectivity index (χ1n) is 5.93. The number of aromatic nitrogens is 1. The van der Waals surface area contributed by atoms with Crippen LogP contribution in [0.4, 0.5) is 0 Å². The average molecular weight is 267 g/mol. The molecule has 2 heterocycles. The Labute approximate surface area is 105 Å². The minimum Gasteiger partial charge on any atom is -0.478 e. The average Bonchev–Trinajstić information content (AvgIpc) is 3.10. The van der Waals surface area contributed by atoms with Gasteiger partial charge in [-0.3, -0.25) is 4.98 Å². The predicted molar refractivity (Wildman–Crippen MR) is 64.4 cm³/mol. The van der Waals surface area contributed by atoms with Gasteiger partial charge in [0, 0.05) is 18.0 Å². The number of fused-ring (bicyclic) bond motifs is 1. The van der Waals surface area contributed by atoms with Crippen LogP contribution in [0.3, 0.4) is 0 Å². The summed E-state index contributed by atoms with van der Waals surface area (Å²) in [5, 5.41) is 9.18. The summed E-state index contributed by atoms with van der Waals surface area (Å²) >= 11 is 0. The van der Waals surface area contributed by atoms with Gasteiger partial charge < -0.3 is 5.11 Å². The third kappa shape index (κ3) is 2.01. The van der Waals surface area contributed by atoms with E-state index in [9.17, 15) is 18.3 Å². The number of aryl methyl sites for hydroxylation is 1. The van der Waals surface area contributed by atoms with E-state index in [4.69, 9.17) is 0 Å². The summed E-state index contributed by atoms with van der Waals surface area (Å²) in [6.45, 7) is 0. The third-order valence-electron chi connectivity index (χ3n) is 3.44. The molecule has 0 bridgehead atoms. The highest BCUT2D eigenvalue weighted by Gasteiger charge is 2.32. The SMILES string of the molecule is O=C(O)c1cc2c(nc1C1CC1)CCS(=O)(=O)C2. The normalized spacial score (nSPS) is 21.3. The zero-order valence-corrected chi connectivity index (χ0v) is 10.5. The number of carboxylic acids is 1. The van der Waals surface area contributed by atoms with Crippen LogP contribution in [0.1, 0.15) is 46.1 Å². The van der Waals surface area contributed by atoms with Crippen LogP contribution in [0.2, 0.25) is 0 Å². The Kier molecular flexibility index (Phi) is 2.45. The fourth-order valence-electron chi connectivity index (χ4n) is 2.35. The molecule has 1 fully saturated rings. The number of nitrogens with zero attached hydrogens (tertiary/aromatic N) is 1. The number of hydrogen-bond acceptors (Lipinski definition) is 4. The zero-order valence-electron chi connectivity index (χ0n) is 9.72. The molecule has 1 aliphatic heterocycles. The van der Waals surface area contributed by atoms with Crippen LogP contribution < -0.4 is 0 Å². The highest BCUT2D eigenvalue weighted by atomic mass is 32.2. The van der Waals surface area contributed by atoms with E-state index >= 15 is 0 Å². The summed E-state index contributed by atoms with van der Waals surface area (Å²) in [4.78, 5) is 15.6. The molecule has 1 N–H and O–H groups in total. The van der Waals surface area contributed by atoms with Crippen molar-refractivity contribution in [1.29, 1.82) is 0 Å². The van der Waals surface area contributed by atoms with Gasteiger partial charge in [-0.1, -0.05) is 0 Å². The molecule has 0 amide bonds. The van der Waals surface area contributed by atoms with E-state index in [1.54, 1.807) is 0 Å². The van der Waals surface area contributed by atoms with Gasteiger partial charge in [0.05, 0.1) is 22.8 Å². The quantitative estimate of drug-likeness (QED) is 0.868. The van der Waals surface area contributed by atoms with Crippen molar-refractivity contribution >= 4 is 15.8 Å². The van der Waals surface area contributed by atoms with Crippen LogP contribution in [0.25, 0.3) is 0 Å². The summed E-state index contributed by atoms with van der Waals surface area (Å²) in [5.41, 5.74) is 2.13. The number of carboxylic acid groups (broad SMARTS) is 1. The number of pyridine rings is 1. The van der Waals surface area contributed by atoms with Crippen LogP contribution in [0, 0.1) is 0 Å². The Balaban J connectivity index is 2.13. The van der Waals surface area contributed by atoms with Gasteiger partial charge in [0.2, 0.25) is 0 Å². The van der Waals surface area contributed by atoms with Crippen LogP contribution >= 0.6 is 0 Å². The van der Waals surface area contributed by atoms with Gasteiger partial charge in [0.15, 0.2) is 9.84 Å². The van der Waals surface area contributed by atoms with Gasteiger partial charge in [-0.25, -0.2) is 13.2 Å². The van der Waals surface area contributed by atoms with Crippen LogP contribution in [-0.2, 0) is 22.0 Å². The molecule has 0 unspecified atom stereocenters. The van der Waals surface area contributed by atoms with Gasteiger partial charge in [-0.05, 0) is 24.5 Å². The maximum atomic E-state index is 11.6. The summed E-state index contributed by atoms with van der Waals surface area (Å²) < 4.78 is 23.1. The lowest BCUT2D eigenvalue weighted by Crippen LogP contribution is -2.22. The largest absolute Gasteiger partial charge is 0.478 e. The Hall–Kier alpha value is -1.43. The molecule has 0 radical (unpaired) electrons. The predicted octanol–water partition coefficient (Wildman–Crippen LogP) is 1.13. The van der Waals surface area contributed by atoms with Crippen molar-refractivity contribution in [3.63, 3.8) is 0 Å². The van der Waals surface area contributed by atoms with E-state index in [2.05, 4.69) is 4.98 Å². The summed E-state index contributed by atoms with van der Waals surface area (Å²) in [6, 6.07) is 1.51. The molecular formula is C12H13NO4S. The first-order valence-corrected chi connectivity index (χ1v) is 7.75. The van der Waals surface area contributed by atoms with Crippen LogP contribution in [0.15, 0.2) is 6.07 Å². The number of hydrogen-bond donors (Lipinski definition) is 1. The highest BCUT2D eigenvalue weighted by molar-refractivity contribution is 7.90. The highest BCUT2D eigenvalue weighted by Crippen LogP contribution is 2.41. The van der Waals surface area contributed by atoms with Crippen molar-refractivity contribution in [3.8, 4) is 0 Å².